The van der Waals surface area contributed by atoms with E-state index in [2.05, 4.69) is 10.3 Å². The van der Waals surface area contributed by atoms with Crippen molar-refractivity contribution in [2.24, 2.45) is 0 Å². The lowest BCUT2D eigenvalue weighted by molar-refractivity contribution is -0.120. The molecule has 4 aromatic rings. The highest BCUT2D eigenvalue weighted by atomic mass is 19.1. The molecule has 2 N–H and O–H groups in total. The second kappa shape index (κ2) is 10.8. The molecule has 1 saturated heterocycles. The average molecular weight is 555 g/mol. The summed E-state index contributed by atoms with van der Waals surface area (Å²) in [6.07, 6.45) is 1.06. The summed E-state index contributed by atoms with van der Waals surface area (Å²) < 4.78 is 19.4. The van der Waals surface area contributed by atoms with Crippen LogP contribution in [0.1, 0.15) is 53.5 Å². The van der Waals surface area contributed by atoms with Crippen LogP contribution in [0, 0.1) is 5.82 Å². The lowest BCUT2D eigenvalue weighted by Gasteiger charge is -2.36. The molecular formula is C32H31FN4O4. The van der Waals surface area contributed by atoms with Crippen LogP contribution in [0.25, 0.3) is 10.9 Å². The number of nitrogens with zero attached hydrogens (tertiary/aromatic N) is 2. The number of hydrogen-bond donors (Lipinski definition) is 2. The molecule has 4 amide bonds. The number of fused-ring (bicyclic) bond motifs is 4. The normalized spacial score (nSPS) is 18.2. The van der Waals surface area contributed by atoms with E-state index in [9.17, 15) is 18.8 Å². The number of amides is 4. The van der Waals surface area contributed by atoms with Gasteiger partial charge in [-0.1, -0.05) is 42.5 Å². The van der Waals surface area contributed by atoms with Crippen molar-refractivity contribution < 1.29 is 23.5 Å². The Balaban J connectivity index is 1.36. The molecule has 3 heterocycles. The van der Waals surface area contributed by atoms with Gasteiger partial charge in [-0.15, -0.1) is 0 Å². The third kappa shape index (κ3) is 4.76. The number of imide groups is 1. The van der Waals surface area contributed by atoms with E-state index in [1.54, 1.807) is 41.3 Å². The SMILES string of the molecule is CC(C)OCCCNC(=O)c1ccccc1N1C(=O)C2Cc3c([nH]c4ccccc34)C(c3ccc(F)cc3)N2C1=O. The summed E-state index contributed by atoms with van der Waals surface area (Å²) in [5, 5.41) is 3.86. The molecule has 2 atom stereocenters. The molecule has 0 spiro atoms. The Hall–Kier alpha value is -4.50. The summed E-state index contributed by atoms with van der Waals surface area (Å²) in [5.41, 5.74) is 3.81. The van der Waals surface area contributed by atoms with Crippen molar-refractivity contribution in [2.45, 2.75) is 44.9 Å². The second-order valence-electron chi connectivity index (χ2n) is 10.6. The number of benzene rings is 3. The number of aromatic amines is 1. The lowest BCUT2D eigenvalue weighted by atomic mass is 9.89. The minimum absolute atomic E-state index is 0.107. The first kappa shape index (κ1) is 26.7. The molecule has 0 aliphatic carbocycles. The zero-order valence-electron chi connectivity index (χ0n) is 22.9. The number of nitrogens with one attached hydrogen (secondary N) is 2. The molecule has 1 fully saturated rings. The van der Waals surface area contributed by atoms with Crippen molar-refractivity contribution in [3.05, 3.63) is 101 Å². The van der Waals surface area contributed by atoms with Crippen molar-refractivity contribution in [2.75, 3.05) is 18.1 Å². The Bertz CT molecular complexity index is 1630. The minimum atomic E-state index is -0.784. The number of H-pyrrole nitrogens is 1. The third-order valence-electron chi connectivity index (χ3n) is 7.68. The van der Waals surface area contributed by atoms with E-state index in [0.29, 0.717) is 31.6 Å². The summed E-state index contributed by atoms with van der Waals surface area (Å²) >= 11 is 0. The standard InChI is InChI=1S/C32H31FN4O4/c1-19(2)41-17-7-16-34-30(38)23-9-4-6-11-26(23)37-31(39)27-18-24-22-8-3-5-10-25(22)35-28(24)29(36(27)32(37)40)20-12-14-21(33)15-13-20/h3-6,8-15,19,27,29,35H,7,16-18H2,1-2H3,(H,34,38). The van der Waals surface area contributed by atoms with E-state index in [4.69, 9.17) is 4.74 Å². The van der Waals surface area contributed by atoms with E-state index >= 15 is 0 Å². The quantitative estimate of drug-likeness (QED) is 0.227. The number of halogens is 1. The highest BCUT2D eigenvalue weighted by Crippen LogP contribution is 2.45. The predicted molar refractivity (Wildman–Crippen MR) is 153 cm³/mol. The summed E-state index contributed by atoms with van der Waals surface area (Å²) in [6, 6.07) is 18.5. The zero-order valence-corrected chi connectivity index (χ0v) is 22.9. The van der Waals surface area contributed by atoms with E-state index < -0.39 is 24.0 Å². The average Bonchev–Trinajstić information content (AvgIpc) is 3.46. The number of rotatable bonds is 8. The molecule has 210 valence electrons. The van der Waals surface area contributed by atoms with Crippen molar-refractivity contribution in [3.8, 4) is 0 Å². The van der Waals surface area contributed by atoms with E-state index in [1.807, 2.05) is 38.1 Å². The van der Waals surface area contributed by atoms with Crippen LogP contribution in [0.5, 0.6) is 0 Å². The number of para-hydroxylation sites is 2. The van der Waals surface area contributed by atoms with Gasteiger partial charge in [-0.2, -0.15) is 0 Å². The first-order chi connectivity index (χ1) is 19.8. The van der Waals surface area contributed by atoms with Crippen LogP contribution in [0.2, 0.25) is 0 Å². The molecular weight excluding hydrogens is 523 g/mol. The number of ether oxygens (including phenoxy) is 1. The molecule has 2 aliphatic heterocycles. The Morgan fingerprint density at radius 2 is 1.78 bits per heavy atom. The fourth-order valence-electron chi connectivity index (χ4n) is 5.84. The molecule has 2 unspecified atom stereocenters. The number of carbonyl (C=O) groups is 3. The maximum atomic E-state index is 14.2. The van der Waals surface area contributed by atoms with Crippen molar-refractivity contribution in [1.29, 1.82) is 0 Å². The van der Waals surface area contributed by atoms with Gasteiger partial charge in [0.1, 0.15) is 17.9 Å². The largest absolute Gasteiger partial charge is 0.379 e. The highest BCUT2D eigenvalue weighted by Gasteiger charge is 2.53. The van der Waals surface area contributed by atoms with E-state index in [1.165, 1.54) is 12.1 Å². The topological polar surface area (TPSA) is 94.7 Å². The minimum Gasteiger partial charge on any atom is -0.379 e. The number of anilines is 1. The maximum absolute atomic E-state index is 14.2. The monoisotopic (exact) mass is 554 g/mol. The number of aromatic nitrogens is 1. The fourth-order valence-corrected chi connectivity index (χ4v) is 5.84. The van der Waals surface area contributed by atoms with Crippen LogP contribution in [0.3, 0.4) is 0 Å². The van der Waals surface area contributed by atoms with Crippen LogP contribution in [-0.4, -0.2) is 53.0 Å². The molecule has 6 rings (SSSR count). The van der Waals surface area contributed by atoms with Gasteiger partial charge in [0, 0.05) is 36.2 Å². The van der Waals surface area contributed by atoms with Gasteiger partial charge < -0.3 is 15.0 Å². The molecule has 2 aliphatic rings. The fraction of sp³-hybridized carbons (Fsp3) is 0.281. The molecule has 41 heavy (non-hydrogen) atoms. The van der Waals surface area contributed by atoms with Crippen molar-refractivity contribution >= 4 is 34.4 Å². The lowest BCUT2D eigenvalue weighted by Crippen LogP contribution is -2.44. The van der Waals surface area contributed by atoms with Crippen LogP contribution >= 0.6 is 0 Å². The van der Waals surface area contributed by atoms with Crippen LogP contribution in [0.4, 0.5) is 14.9 Å². The third-order valence-corrected chi connectivity index (χ3v) is 7.68. The summed E-state index contributed by atoms with van der Waals surface area (Å²) in [4.78, 5) is 47.5. The van der Waals surface area contributed by atoms with E-state index in [0.717, 1.165) is 27.1 Å². The molecule has 1 aromatic heterocycles. The van der Waals surface area contributed by atoms with Crippen LogP contribution < -0.4 is 10.2 Å². The van der Waals surface area contributed by atoms with Gasteiger partial charge in [0.05, 0.1) is 17.4 Å². The number of hydrogen-bond acceptors (Lipinski definition) is 4. The van der Waals surface area contributed by atoms with Crippen molar-refractivity contribution in [3.63, 3.8) is 0 Å². The van der Waals surface area contributed by atoms with Crippen molar-refractivity contribution in [1.82, 2.24) is 15.2 Å². The van der Waals surface area contributed by atoms with E-state index in [-0.39, 0.29) is 29.1 Å². The molecule has 0 bridgehead atoms. The van der Waals surface area contributed by atoms with Crippen LogP contribution in [-0.2, 0) is 16.0 Å². The molecule has 0 saturated carbocycles. The number of urea groups is 1. The zero-order chi connectivity index (χ0) is 28.7. The smallest absolute Gasteiger partial charge is 0.332 e. The van der Waals surface area contributed by atoms with Gasteiger partial charge in [-0.05, 0) is 61.7 Å². The Morgan fingerprint density at radius 1 is 1.05 bits per heavy atom. The predicted octanol–water partition coefficient (Wildman–Crippen LogP) is 5.33. The second-order valence-corrected chi connectivity index (χ2v) is 10.6. The van der Waals surface area contributed by atoms with Gasteiger partial charge in [0.2, 0.25) is 0 Å². The molecule has 9 heteroatoms. The first-order valence-electron chi connectivity index (χ1n) is 13.8. The summed E-state index contributed by atoms with van der Waals surface area (Å²) in [7, 11) is 0. The first-order valence-corrected chi connectivity index (χ1v) is 13.8. The Kier molecular flexibility index (Phi) is 7.05. The van der Waals surface area contributed by atoms with Gasteiger partial charge in [0.15, 0.2) is 0 Å². The Labute approximate surface area is 237 Å². The van der Waals surface area contributed by atoms with Gasteiger partial charge >= 0.3 is 6.03 Å². The van der Waals surface area contributed by atoms with Crippen LogP contribution in [0.15, 0.2) is 72.8 Å². The molecule has 3 aromatic carbocycles. The van der Waals surface area contributed by atoms with Gasteiger partial charge in [-0.25, -0.2) is 14.1 Å². The number of carbonyl (C=O) groups excluding carboxylic acids is 3. The summed E-state index contributed by atoms with van der Waals surface area (Å²) in [5.74, 6) is -1.16. The summed E-state index contributed by atoms with van der Waals surface area (Å²) in [6.45, 7) is 4.81. The maximum Gasteiger partial charge on any atom is 0.332 e. The Morgan fingerprint density at radius 3 is 2.56 bits per heavy atom. The van der Waals surface area contributed by atoms with Gasteiger partial charge in [-0.3, -0.25) is 14.5 Å². The molecule has 0 radical (unpaired) electrons. The highest BCUT2D eigenvalue weighted by molar-refractivity contribution is 6.24. The van der Waals surface area contributed by atoms with Gasteiger partial charge in [0.25, 0.3) is 11.8 Å². The molecule has 8 nitrogen and oxygen atoms in total.